The molecule has 1 aliphatic heterocycles. The molecule has 1 atom stereocenters. The summed E-state index contributed by atoms with van der Waals surface area (Å²) in [5, 5.41) is 3.68. The average molecular weight is 274 g/mol. The van der Waals surface area contributed by atoms with Gasteiger partial charge in [0, 0.05) is 24.8 Å². The minimum absolute atomic E-state index is 0.655. The zero-order valence-corrected chi connectivity index (χ0v) is 13.2. The quantitative estimate of drug-likeness (QED) is 0.843. The molecule has 2 heteroatoms. The molecule has 1 N–H and O–H groups in total. The van der Waals surface area contributed by atoms with Crippen LogP contribution in [0.4, 0.5) is 5.69 Å². The van der Waals surface area contributed by atoms with Gasteiger partial charge < -0.3 is 10.2 Å². The summed E-state index contributed by atoms with van der Waals surface area (Å²) >= 11 is 0. The van der Waals surface area contributed by atoms with Crippen molar-refractivity contribution in [1.82, 2.24) is 5.32 Å². The molecular formula is C18H30N2. The number of nitrogens with zero attached hydrogens (tertiary/aromatic N) is 1. The normalized spacial score (nSPS) is 19.9. The van der Waals surface area contributed by atoms with Crippen molar-refractivity contribution in [3.8, 4) is 0 Å². The Kier molecular flexibility index (Phi) is 6.38. The van der Waals surface area contributed by atoms with Crippen molar-refractivity contribution >= 4 is 5.69 Å². The number of benzene rings is 1. The molecule has 1 unspecified atom stereocenters. The molecule has 0 aromatic heterocycles. The van der Waals surface area contributed by atoms with Crippen molar-refractivity contribution in [1.29, 1.82) is 0 Å². The van der Waals surface area contributed by atoms with Gasteiger partial charge in [0.1, 0.15) is 0 Å². The van der Waals surface area contributed by atoms with Crippen LogP contribution in [0.15, 0.2) is 24.3 Å². The fourth-order valence-electron chi connectivity index (χ4n) is 3.03. The summed E-state index contributed by atoms with van der Waals surface area (Å²) in [4.78, 5) is 2.56. The molecule has 2 rings (SSSR count). The highest BCUT2D eigenvalue weighted by Crippen LogP contribution is 2.19. The highest BCUT2D eigenvalue weighted by atomic mass is 15.2. The summed E-state index contributed by atoms with van der Waals surface area (Å²) in [6.45, 7) is 8.03. The fraction of sp³-hybridized carbons (Fsp3) is 0.667. The van der Waals surface area contributed by atoms with E-state index in [9.17, 15) is 0 Å². The van der Waals surface area contributed by atoms with Gasteiger partial charge in [-0.15, -0.1) is 0 Å². The number of aryl methyl sites for hydroxylation is 1. The first kappa shape index (κ1) is 15.4. The molecule has 1 aliphatic rings. The van der Waals surface area contributed by atoms with Gasteiger partial charge in [-0.3, -0.25) is 0 Å². The van der Waals surface area contributed by atoms with E-state index < -0.39 is 0 Å². The standard InChI is InChI=1S/C18H30N2/c1-3-5-8-16-9-11-18(12-10-16)20-14-6-13-19-17(15-20)7-4-2/h9-12,17,19H,3-8,13-15H2,1-2H3. The summed E-state index contributed by atoms with van der Waals surface area (Å²) in [7, 11) is 0. The number of nitrogens with one attached hydrogen (secondary N) is 1. The molecule has 0 saturated carbocycles. The van der Waals surface area contributed by atoms with E-state index in [0.29, 0.717) is 6.04 Å². The second-order valence-electron chi connectivity index (χ2n) is 6.01. The number of hydrogen-bond acceptors (Lipinski definition) is 2. The Morgan fingerprint density at radius 3 is 2.65 bits per heavy atom. The van der Waals surface area contributed by atoms with Gasteiger partial charge in [0.15, 0.2) is 0 Å². The Morgan fingerprint density at radius 1 is 1.15 bits per heavy atom. The summed E-state index contributed by atoms with van der Waals surface area (Å²) in [6, 6.07) is 9.93. The van der Waals surface area contributed by atoms with Crippen molar-refractivity contribution in [2.24, 2.45) is 0 Å². The van der Waals surface area contributed by atoms with Gasteiger partial charge in [-0.25, -0.2) is 0 Å². The lowest BCUT2D eigenvalue weighted by Crippen LogP contribution is -2.37. The monoisotopic (exact) mass is 274 g/mol. The Hall–Kier alpha value is -1.02. The predicted molar refractivity (Wildman–Crippen MR) is 88.6 cm³/mol. The van der Waals surface area contributed by atoms with E-state index in [-0.39, 0.29) is 0 Å². The van der Waals surface area contributed by atoms with Crippen LogP contribution in [0.25, 0.3) is 0 Å². The van der Waals surface area contributed by atoms with Crippen molar-refractivity contribution in [3.05, 3.63) is 29.8 Å². The second-order valence-corrected chi connectivity index (χ2v) is 6.01. The molecule has 1 aromatic carbocycles. The number of unbranched alkanes of at least 4 members (excludes halogenated alkanes) is 1. The van der Waals surface area contributed by atoms with Crippen molar-refractivity contribution < 1.29 is 0 Å². The van der Waals surface area contributed by atoms with Gasteiger partial charge in [0.25, 0.3) is 0 Å². The van der Waals surface area contributed by atoms with Crippen LogP contribution in [0.1, 0.15) is 51.5 Å². The smallest absolute Gasteiger partial charge is 0.0366 e. The van der Waals surface area contributed by atoms with Gasteiger partial charge in [-0.05, 0) is 49.9 Å². The van der Waals surface area contributed by atoms with Crippen LogP contribution in [-0.2, 0) is 6.42 Å². The third-order valence-corrected chi connectivity index (χ3v) is 4.24. The van der Waals surface area contributed by atoms with E-state index >= 15 is 0 Å². The molecule has 20 heavy (non-hydrogen) atoms. The van der Waals surface area contributed by atoms with Gasteiger partial charge in [-0.1, -0.05) is 38.8 Å². The summed E-state index contributed by atoms with van der Waals surface area (Å²) in [5.74, 6) is 0. The molecule has 0 amide bonds. The van der Waals surface area contributed by atoms with Crippen LogP contribution in [0.2, 0.25) is 0 Å². The van der Waals surface area contributed by atoms with Crippen molar-refractivity contribution in [2.45, 2.75) is 58.4 Å². The minimum Gasteiger partial charge on any atom is -0.370 e. The first-order valence-electron chi connectivity index (χ1n) is 8.40. The molecular weight excluding hydrogens is 244 g/mol. The van der Waals surface area contributed by atoms with Crippen LogP contribution >= 0.6 is 0 Å². The molecule has 1 saturated heterocycles. The first-order valence-corrected chi connectivity index (χ1v) is 8.40. The van der Waals surface area contributed by atoms with E-state index in [1.54, 1.807) is 0 Å². The summed E-state index contributed by atoms with van der Waals surface area (Å²) in [5.41, 5.74) is 2.88. The Labute approximate surface area is 124 Å². The van der Waals surface area contributed by atoms with Gasteiger partial charge >= 0.3 is 0 Å². The first-order chi connectivity index (χ1) is 9.83. The maximum atomic E-state index is 3.68. The van der Waals surface area contributed by atoms with Gasteiger partial charge in [0.05, 0.1) is 0 Å². The number of rotatable bonds is 6. The van der Waals surface area contributed by atoms with E-state index in [1.807, 2.05) is 0 Å². The van der Waals surface area contributed by atoms with Crippen LogP contribution in [-0.4, -0.2) is 25.7 Å². The van der Waals surface area contributed by atoms with E-state index in [1.165, 1.54) is 56.3 Å². The summed E-state index contributed by atoms with van der Waals surface area (Å²) in [6.07, 6.45) is 7.59. The zero-order chi connectivity index (χ0) is 14.2. The topological polar surface area (TPSA) is 15.3 Å². The second kappa shape index (κ2) is 8.31. The SMILES string of the molecule is CCCCc1ccc(N2CCCNC(CCC)C2)cc1. The third kappa shape index (κ3) is 4.52. The summed E-state index contributed by atoms with van der Waals surface area (Å²) < 4.78 is 0. The highest BCUT2D eigenvalue weighted by Gasteiger charge is 2.17. The maximum absolute atomic E-state index is 3.68. The maximum Gasteiger partial charge on any atom is 0.0366 e. The Bertz CT molecular complexity index is 372. The zero-order valence-electron chi connectivity index (χ0n) is 13.2. The molecule has 2 nitrogen and oxygen atoms in total. The lowest BCUT2D eigenvalue weighted by Gasteiger charge is -2.26. The van der Waals surface area contributed by atoms with Crippen molar-refractivity contribution in [2.75, 3.05) is 24.5 Å². The molecule has 0 aliphatic carbocycles. The third-order valence-electron chi connectivity index (χ3n) is 4.24. The van der Waals surface area contributed by atoms with Crippen LogP contribution in [0, 0.1) is 0 Å². The molecule has 1 fully saturated rings. The largest absolute Gasteiger partial charge is 0.370 e. The number of hydrogen-bond donors (Lipinski definition) is 1. The fourth-order valence-corrected chi connectivity index (χ4v) is 3.03. The van der Waals surface area contributed by atoms with Crippen LogP contribution < -0.4 is 10.2 Å². The molecule has 1 heterocycles. The molecule has 0 bridgehead atoms. The van der Waals surface area contributed by atoms with E-state index in [0.717, 1.165) is 13.1 Å². The Balaban J connectivity index is 1.97. The lowest BCUT2D eigenvalue weighted by atomic mass is 10.1. The highest BCUT2D eigenvalue weighted by molar-refractivity contribution is 5.48. The number of anilines is 1. The van der Waals surface area contributed by atoms with Crippen LogP contribution in [0.3, 0.4) is 0 Å². The van der Waals surface area contributed by atoms with Crippen LogP contribution in [0.5, 0.6) is 0 Å². The van der Waals surface area contributed by atoms with E-state index in [2.05, 4.69) is 48.3 Å². The minimum atomic E-state index is 0.655. The average Bonchev–Trinajstić information content (AvgIpc) is 2.72. The predicted octanol–water partition coefficient (Wildman–Crippen LogP) is 4.00. The Morgan fingerprint density at radius 2 is 1.95 bits per heavy atom. The van der Waals surface area contributed by atoms with Crippen molar-refractivity contribution in [3.63, 3.8) is 0 Å². The molecule has 1 aromatic rings. The van der Waals surface area contributed by atoms with Gasteiger partial charge in [-0.2, -0.15) is 0 Å². The molecule has 0 radical (unpaired) electrons. The van der Waals surface area contributed by atoms with Gasteiger partial charge in [0.2, 0.25) is 0 Å². The van der Waals surface area contributed by atoms with E-state index in [4.69, 9.17) is 0 Å². The molecule has 112 valence electrons. The molecule has 0 spiro atoms. The lowest BCUT2D eigenvalue weighted by molar-refractivity contribution is 0.502.